The summed E-state index contributed by atoms with van der Waals surface area (Å²) in [7, 11) is 3.48. The lowest BCUT2D eigenvalue weighted by Gasteiger charge is -2.15. The number of rotatable bonds is 6. The first-order chi connectivity index (χ1) is 15.3. The summed E-state index contributed by atoms with van der Waals surface area (Å²) >= 11 is 0. The number of carbonyl (C=O) groups is 1. The van der Waals surface area contributed by atoms with Crippen molar-refractivity contribution in [3.63, 3.8) is 0 Å². The molecule has 0 saturated heterocycles. The summed E-state index contributed by atoms with van der Waals surface area (Å²) in [5.74, 6) is -0.0762. The summed E-state index contributed by atoms with van der Waals surface area (Å²) in [4.78, 5) is 17.3. The Kier molecular flexibility index (Phi) is 7.25. The number of hydrogen-bond donors (Lipinski definition) is 2. The van der Waals surface area contributed by atoms with Crippen molar-refractivity contribution in [1.82, 2.24) is 15.1 Å². The third kappa shape index (κ3) is 5.51. The zero-order chi connectivity index (χ0) is 23.3. The molecule has 0 aliphatic heterocycles. The number of benzene rings is 2. The van der Waals surface area contributed by atoms with Crippen molar-refractivity contribution in [3.8, 4) is 5.75 Å². The highest BCUT2D eigenvalue weighted by Crippen LogP contribution is 2.25. The third-order valence-electron chi connectivity index (χ3n) is 5.22. The van der Waals surface area contributed by atoms with Gasteiger partial charge in [0.05, 0.1) is 18.5 Å². The zero-order valence-electron chi connectivity index (χ0n) is 19.0. The van der Waals surface area contributed by atoms with Crippen LogP contribution in [0.3, 0.4) is 0 Å². The molecule has 1 heterocycles. The van der Waals surface area contributed by atoms with E-state index in [1.54, 1.807) is 13.2 Å². The number of hydrogen-bond acceptors (Lipinski definition) is 4. The normalized spacial score (nSPS) is 11.4. The van der Waals surface area contributed by atoms with Gasteiger partial charge in [0.25, 0.3) is 5.91 Å². The standard InChI is InChI=1S/C24H28FN5O2/c1-15-9-10-22(32-5)21(13-15)27-24(28-23(31)18-7-6-8-19(25)14-18)26-12-11-20-16(2)29-30(4)17(20)3/h6-10,13-14H,11-12H2,1-5H3,(H2,26,27,28,31). The fourth-order valence-corrected chi connectivity index (χ4v) is 3.43. The van der Waals surface area contributed by atoms with Gasteiger partial charge in [-0.3, -0.25) is 19.8 Å². The first kappa shape index (κ1) is 23.0. The number of nitrogens with one attached hydrogen (secondary N) is 2. The van der Waals surface area contributed by atoms with Crippen LogP contribution in [-0.2, 0) is 13.5 Å². The lowest BCUT2D eigenvalue weighted by Crippen LogP contribution is -2.36. The van der Waals surface area contributed by atoms with Crippen LogP contribution in [0.5, 0.6) is 5.75 Å². The molecule has 8 heteroatoms. The van der Waals surface area contributed by atoms with Gasteiger partial charge in [-0.05, 0) is 68.7 Å². The minimum atomic E-state index is -0.480. The van der Waals surface area contributed by atoms with Crippen LogP contribution in [0.1, 0.15) is 32.9 Å². The van der Waals surface area contributed by atoms with Crippen molar-refractivity contribution in [2.75, 3.05) is 19.0 Å². The predicted octanol–water partition coefficient (Wildman–Crippen LogP) is 3.93. The average molecular weight is 438 g/mol. The highest BCUT2D eigenvalue weighted by Gasteiger charge is 2.13. The van der Waals surface area contributed by atoms with Crippen LogP contribution in [0.2, 0.25) is 0 Å². The van der Waals surface area contributed by atoms with Crippen LogP contribution in [0, 0.1) is 26.6 Å². The number of guanidine groups is 1. The topological polar surface area (TPSA) is 80.5 Å². The summed E-state index contributed by atoms with van der Waals surface area (Å²) in [5.41, 5.74) is 5.05. The molecule has 1 amide bonds. The highest BCUT2D eigenvalue weighted by molar-refractivity contribution is 6.10. The number of amides is 1. The molecule has 2 aromatic carbocycles. The van der Waals surface area contributed by atoms with Crippen LogP contribution in [0.25, 0.3) is 0 Å². The Morgan fingerprint density at radius 2 is 1.97 bits per heavy atom. The van der Waals surface area contributed by atoms with Crippen LogP contribution < -0.4 is 15.4 Å². The van der Waals surface area contributed by atoms with E-state index in [1.165, 1.54) is 18.2 Å². The Balaban J connectivity index is 1.85. The number of anilines is 1. The lowest BCUT2D eigenvalue weighted by molar-refractivity contribution is 0.0976. The number of nitrogens with zero attached hydrogens (tertiary/aromatic N) is 3. The maximum Gasteiger partial charge on any atom is 0.258 e. The third-order valence-corrected chi connectivity index (χ3v) is 5.22. The van der Waals surface area contributed by atoms with E-state index in [0.717, 1.165) is 22.5 Å². The van der Waals surface area contributed by atoms with Crippen molar-refractivity contribution in [2.45, 2.75) is 27.2 Å². The van der Waals surface area contributed by atoms with E-state index in [1.807, 2.05) is 50.7 Å². The van der Waals surface area contributed by atoms with Gasteiger partial charge in [0.2, 0.25) is 5.96 Å². The van der Waals surface area contributed by atoms with Crippen LogP contribution in [0.15, 0.2) is 47.5 Å². The molecule has 0 saturated carbocycles. The molecule has 0 atom stereocenters. The van der Waals surface area contributed by atoms with Gasteiger partial charge in [-0.1, -0.05) is 12.1 Å². The van der Waals surface area contributed by atoms with Gasteiger partial charge in [-0.25, -0.2) is 4.39 Å². The molecule has 0 radical (unpaired) electrons. The molecule has 2 N–H and O–H groups in total. The monoisotopic (exact) mass is 437 g/mol. The van der Waals surface area contributed by atoms with E-state index in [4.69, 9.17) is 4.74 Å². The molecule has 0 spiro atoms. The van der Waals surface area contributed by atoms with E-state index < -0.39 is 11.7 Å². The quantitative estimate of drug-likeness (QED) is 0.452. The van der Waals surface area contributed by atoms with Gasteiger partial charge in [0.15, 0.2) is 0 Å². The second-order valence-corrected chi connectivity index (χ2v) is 7.55. The van der Waals surface area contributed by atoms with Crippen LogP contribution in [0.4, 0.5) is 10.1 Å². The smallest absolute Gasteiger partial charge is 0.258 e. The molecule has 168 valence electrons. The van der Waals surface area contributed by atoms with Gasteiger partial charge in [-0.15, -0.1) is 0 Å². The Labute approximate surface area is 187 Å². The summed E-state index contributed by atoms with van der Waals surface area (Å²) in [6.07, 6.45) is 0.664. The largest absolute Gasteiger partial charge is 0.495 e. The SMILES string of the molecule is COc1ccc(C)cc1NC(=NCCc1c(C)nn(C)c1C)NC(=O)c1cccc(F)c1. The van der Waals surface area contributed by atoms with Crippen molar-refractivity contribution in [1.29, 1.82) is 0 Å². The lowest BCUT2D eigenvalue weighted by atomic mass is 10.1. The fourth-order valence-electron chi connectivity index (χ4n) is 3.43. The Bertz CT molecular complexity index is 1150. The number of aryl methyl sites for hydroxylation is 3. The Morgan fingerprint density at radius 3 is 2.62 bits per heavy atom. The highest BCUT2D eigenvalue weighted by atomic mass is 19.1. The number of halogens is 1. The van der Waals surface area contributed by atoms with Gasteiger partial charge < -0.3 is 10.1 Å². The van der Waals surface area contributed by atoms with Crippen molar-refractivity contribution in [3.05, 3.63) is 76.4 Å². The molecule has 0 aliphatic carbocycles. The van der Waals surface area contributed by atoms with Crippen LogP contribution in [-0.4, -0.2) is 35.3 Å². The summed E-state index contributed by atoms with van der Waals surface area (Å²) in [6.45, 7) is 6.37. The molecular formula is C24H28FN5O2. The van der Waals surface area contributed by atoms with E-state index >= 15 is 0 Å². The minimum Gasteiger partial charge on any atom is -0.495 e. The van der Waals surface area contributed by atoms with E-state index in [0.29, 0.717) is 24.4 Å². The van der Waals surface area contributed by atoms with Crippen molar-refractivity contribution in [2.24, 2.45) is 12.0 Å². The van der Waals surface area contributed by atoms with E-state index in [2.05, 4.69) is 20.7 Å². The first-order valence-electron chi connectivity index (χ1n) is 10.3. The van der Waals surface area contributed by atoms with Gasteiger partial charge in [0.1, 0.15) is 11.6 Å². The number of ether oxygens (including phenoxy) is 1. The number of aliphatic imine (C=N–C) groups is 1. The minimum absolute atomic E-state index is 0.203. The summed E-state index contributed by atoms with van der Waals surface area (Å²) < 4.78 is 20.8. The fraction of sp³-hybridized carbons (Fsp3) is 0.292. The molecule has 3 rings (SSSR count). The van der Waals surface area contributed by atoms with Gasteiger partial charge >= 0.3 is 0 Å². The van der Waals surface area contributed by atoms with Crippen molar-refractivity contribution >= 4 is 17.6 Å². The molecule has 3 aromatic rings. The Hall–Kier alpha value is -3.68. The maximum atomic E-state index is 13.6. The maximum absolute atomic E-state index is 13.6. The molecule has 0 unspecified atom stereocenters. The van der Waals surface area contributed by atoms with Gasteiger partial charge in [0, 0.05) is 24.8 Å². The summed E-state index contributed by atoms with van der Waals surface area (Å²) in [6, 6.07) is 11.2. The Morgan fingerprint density at radius 1 is 1.19 bits per heavy atom. The average Bonchev–Trinajstić information content (AvgIpc) is 2.99. The number of carbonyl (C=O) groups excluding carboxylic acids is 1. The molecule has 32 heavy (non-hydrogen) atoms. The molecular weight excluding hydrogens is 409 g/mol. The molecule has 0 bridgehead atoms. The molecule has 7 nitrogen and oxygen atoms in total. The van der Waals surface area contributed by atoms with E-state index in [-0.39, 0.29) is 11.5 Å². The summed E-state index contributed by atoms with van der Waals surface area (Å²) in [5, 5.41) is 10.3. The second-order valence-electron chi connectivity index (χ2n) is 7.55. The number of aromatic nitrogens is 2. The molecule has 0 fully saturated rings. The molecule has 0 aliphatic rings. The molecule has 1 aromatic heterocycles. The number of methoxy groups -OCH3 is 1. The van der Waals surface area contributed by atoms with Crippen molar-refractivity contribution < 1.29 is 13.9 Å². The van der Waals surface area contributed by atoms with Crippen LogP contribution >= 0.6 is 0 Å². The van der Waals surface area contributed by atoms with Gasteiger partial charge in [-0.2, -0.15) is 5.10 Å². The van der Waals surface area contributed by atoms with E-state index in [9.17, 15) is 9.18 Å². The zero-order valence-corrected chi connectivity index (χ0v) is 19.0. The predicted molar refractivity (Wildman–Crippen MR) is 124 cm³/mol. The second kappa shape index (κ2) is 10.1. The first-order valence-corrected chi connectivity index (χ1v) is 10.3.